The van der Waals surface area contributed by atoms with Crippen LogP contribution >= 0.6 is 59.1 Å². The molecule has 0 aliphatic carbocycles. The van der Waals surface area contributed by atoms with Gasteiger partial charge in [0.15, 0.2) is 0 Å². The third kappa shape index (κ3) is 2.71. The molecular weight excluding hydrogens is 446 g/mol. The molecule has 2 N–H and O–H groups in total. The van der Waals surface area contributed by atoms with Crippen LogP contribution < -0.4 is 5.73 Å². The molecular formula is C12H8Br3NOS. The lowest BCUT2D eigenvalue weighted by Gasteiger charge is -2.07. The molecule has 94 valence electrons. The molecule has 1 aromatic heterocycles. The summed E-state index contributed by atoms with van der Waals surface area (Å²) in [7, 11) is 0. The highest BCUT2D eigenvalue weighted by atomic mass is 79.9. The normalized spacial score (nSPS) is 10.7. The number of ketones is 1. The number of thiophene rings is 1. The first-order valence-corrected chi connectivity index (χ1v) is 8.15. The molecule has 0 spiro atoms. The Morgan fingerprint density at radius 1 is 1.22 bits per heavy atom. The van der Waals surface area contributed by atoms with Crippen LogP contribution in [0.25, 0.3) is 0 Å². The van der Waals surface area contributed by atoms with E-state index in [0.717, 1.165) is 18.3 Å². The zero-order valence-electron chi connectivity index (χ0n) is 9.26. The topological polar surface area (TPSA) is 43.1 Å². The molecule has 0 bridgehead atoms. The molecule has 2 rings (SSSR count). The maximum Gasteiger partial charge on any atom is 0.203 e. The zero-order chi connectivity index (χ0) is 13.4. The molecule has 1 aromatic carbocycles. The van der Waals surface area contributed by atoms with Crippen molar-refractivity contribution < 1.29 is 4.79 Å². The Kier molecular flexibility index (Phi) is 4.31. The van der Waals surface area contributed by atoms with E-state index in [2.05, 4.69) is 47.8 Å². The van der Waals surface area contributed by atoms with E-state index in [1.165, 1.54) is 11.3 Å². The summed E-state index contributed by atoms with van der Waals surface area (Å²) < 4.78 is 2.60. The van der Waals surface area contributed by atoms with Gasteiger partial charge in [-0.1, -0.05) is 15.9 Å². The Hall–Kier alpha value is -0.170. The summed E-state index contributed by atoms with van der Waals surface area (Å²) in [5, 5.41) is 0. The van der Waals surface area contributed by atoms with Crippen LogP contribution in [-0.4, -0.2) is 5.78 Å². The zero-order valence-corrected chi connectivity index (χ0v) is 14.8. The number of carbonyl (C=O) groups is 1. The van der Waals surface area contributed by atoms with E-state index in [-0.39, 0.29) is 5.78 Å². The van der Waals surface area contributed by atoms with Crippen LogP contribution in [0.15, 0.2) is 30.9 Å². The molecule has 0 radical (unpaired) electrons. The summed E-state index contributed by atoms with van der Waals surface area (Å²) in [6.45, 7) is 1.85. The van der Waals surface area contributed by atoms with Crippen molar-refractivity contribution in [1.29, 1.82) is 0 Å². The van der Waals surface area contributed by atoms with Crippen molar-refractivity contribution in [1.82, 2.24) is 0 Å². The minimum absolute atomic E-state index is 0.0168. The van der Waals surface area contributed by atoms with Gasteiger partial charge < -0.3 is 5.73 Å². The van der Waals surface area contributed by atoms with E-state index in [4.69, 9.17) is 5.73 Å². The molecule has 0 fully saturated rings. The monoisotopic (exact) mass is 451 g/mol. The van der Waals surface area contributed by atoms with E-state index >= 15 is 0 Å². The van der Waals surface area contributed by atoms with Gasteiger partial charge >= 0.3 is 0 Å². The second-order valence-corrected chi connectivity index (χ2v) is 7.87. The number of halogens is 3. The Morgan fingerprint density at radius 3 is 2.44 bits per heavy atom. The van der Waals surface area contributed by atoms with Crippen LogP contribution in [0.2, 0.25) is 0 Å². The lowest BCUT2D eigenvalue weighted by atomic mass is 10.0. The van der Waals surface area contributed by atoms with Crippen molar-refractivity contribution in [3.05, 3.63) is 46.9 Å². The van der Waals surface area contributed by atoms with Crippen LogP contribution in [0.3, 0.4) is 0 Å². The number of rotatable bonds is 2. The third-order valence-corrected chi connectivity index (χ3v) is 6.24. The van der Waals surface area contributed by atoms with Crippen LogP contribution in [0.4, 0.5) is 5.69 Å². The van der Waals surface area contributed by atoms with Crippen molar-refractivity contribution in [3.63, 3.8) is 0 Å². The highest BCUT2D eigenvalue weighted by molar-refractivity contribution is 9.13. The third-order valence-electron chi connectivity index (χ3n) is 2.53. The van der Waals surface area contributed by atoms with Crippen LogP contribution in [0, 0.1) is 6.92 Å². The predicted molar refractivity (Wildman–Crippen MR) is 86.4 cm³/mol. The van der Waals surface area contributed by atoms with E-state index in [0.29, 0.717) is 16.1 Å². The first-order valence-electron chi connectivity index (χ1n) is 4.95. The summed E-state index contributed by atoms with van der Waals surface area (Å²) in [5.74, 6) is -0.0168. The maximum atomic E-state index is 12.4. The first kappa shape index (κ1) is 14.2. The van der Waals surface area contributed by atoms with Crippen LogP contribution in [-0.2, 0) is 0 Å². The molecule has 0 amide bonds. The highest BCUT2D eigenvalue weighted by Gasteiger charge is 2.17. The van der Waals surface area contributed by atoms with Crippen molar-refractivity contribution in [2.75, 3.05) is 5.73 Å². The standard InChI is InChI=1S/C12H8Br3NOS/c1-5-7(2-6(13)3-9(5)16)11(17)10-4-8(14)12(15)18-10/h2-4H,16H2,1H3. The van der Waals surface area contributed by atoms with Gasteiger partial charge in [-0.2, -0.15) is 0 Å². The van der Waals surface area contributed by atoms with Gasteiger partial charge in [-0.15, -0.1) is 11.3 Å². The van der Waals surface area contributed by atoms with Gasteiger partial charge in [-0.3, -0.25) is 4.79 Å². The molecule has 0 unspecified atom stereocenters. The summed E-state index contributed by atoms with van der Waals surface area (Å²) >= 11 is 11.5. The van der Waals surface area contributed by atoms with Crippen molar-refractivity contribution in [2.24, 2.45) is 0 Å². The number of hydrogen-bond acceptors (Lipinski definition) is 3. The number of benzene rings is 1. The first-order chi connectivity index (χ1) is 8.40. The van der Waals surface area contributed by atoms with E-state index in [9.17, 15) is 4.79 Å². The van der Waals surface area contributed by atoms with Gasteiger partial charge in [0.2, 0.25) is 5.78 Å². The minimum Gasteiger partial charge on any atom is -0.398 e. The van der Waals surface area contributed by atoms with Gasteiger partial charge in [0, 0.05) is 20.2 Å². The average molecular weight is 454 g/mol. The summed E-state index contributed by atoms with van der Waals surface area (Å²) in [6.07, 6.45) is 0. The largest absolute Gasteiger partial charge is 0.398 e. The molecule has 0 atom stereocenters. The molecule has 1 heterocycles. The van der Waals surface area contributed by atoms with Gasteiger partial charge in [0.1, 0.15) is 0 Å². The fourth-order valence-corrected chi connectivity index (χ4v) is 3.99. The smallest absolute Gasteiger partial charge is 0.203 e. The number of nitrogen functional groups attached to an aromatic ring is 1. The molecule has 2 nitrogen and oxygen atoms in total. The Balaban J connectivity index is 2.52. The second-order valence-electron chi connectivity index (χ2n) is 3.73. The van der Waals surface area contributed by atoms with E-state index in [1.54, 1.807) is 12.1 Å². The predicted octanol–water partition coefficient (Wildman–Crippen LogP) is 5.16. The Bertz CT molecular complexity index is 617. The lowest BCUT2D eigenvalue weighted by Crippen LogP contribution is -2.04. The van der Waals surface area contributed by atoms with E-state index in [1.807, 2.05) is 13.0 Å². The summed E-state index contributed by atoms with van der Waals surface area (Å²) in [5.41, 5.74) is 7.93. The molecule has 0 saturated carbocycles. The van der Waals surface area contributed by atoms with Crippen LogP contribution in [0.5, 0.6) is 0 Å². The SMILES string of the molecule is Cc1c(N)cc(Br)cc1C(=O)c1cc(Br)c(Br)s1. The molecule has 0 aliphatic heterocycles. The molecule has 6 heteroatoms. The fraction of sp³-hybridized carbons (Fsp3) is 0.0833. The van der Waals surface area contributed by atoms with E-state index < -0.39 is 0 Å². The lowest BCUT2D eigenvalue weighted by molar-refractivity contribution is 0.104. The Labute approximate surface area is 134 Å². The Morgan fingerprint density at radius 2 is 1.89 bits per heavy atom. The molecule has 0 saturated heterocycles. The van der Waals surface area contributed by atoms with Gasteiger partial charge in [0.05, 0.1) is 8.66 Å². The number of anilines is 1. The van der Waals surface area contributed by atoms with Crippen molar-refractivity contribution >= 4 is 70.6 Å². The number of nitrogens with two attached hydrogens (primary N) is 1. The van der Waals surface area contributed by atoms with Crippen LogP contribution in [0.1, 0.15) is 20.8 Å². The van der Waals surface area contributed by atoms with Crippen molar-refractivity contribution in [3.8, 4) is 0 Å². The van der Waals surface area contributed by atoms with Gasteiger partial charge in [-0.05, 0) is 62.5 Å². The quantitative estimate of drug-likeness (QED) is 0.504. The minimum atomic E-state index is -0.0168. The summed E-state index contributed by atoms with van der Waals surface area (Å²) in [4.78, 5) is 13.1. The fourth-order valence-electron chi connectivity index (χ4n) is 1.53. The highest BCUT2D eigenvalue weighted by Crippen LogP contribution is 2.34. The maximum absolute atomic E-state index is 12.4. The van der Waals surface area contributed by atoms with Gasteiger partial charge in [0.25, 0.3) is 0 Å². The number of hydrogen-bond donors (Lipinski definition) is 1. The van der Waals surface area contributed by atoms with Gasteiger partial charge in [-0.25, -0.2) is 0 Å². The van der Waals surface area contributed by atoms with Crippen molar-refractivity contribution in [2.45, 2.75) is 6.92 Å². The molecule has 0 aliphatic rings. The second kappa shape index (κ2) is 5.45. The molecule has 2 aromatic rings. The average Bonchev–Trinajstić information content (AvgIpc) is 2.63. The number of carbonyl (C=O) groups excluding carboxylic acids is 1. The molecule has 18 heavy (non-hydrogen) atoms. The summed E-state index contributed by atoms with van der Waals surface area (Å²) in [6, 6.07) is 5.41.